The van der Waals surface area contributed by atoms with Crippen LogP contribution < -0.4 is 5.73 Å². The summed E-state index contributed by atoms with van der Waals surface area (Å²) in [4.78, 5) is 2.39. The summed E-state index contributed by atoms with van der Waals surface area (Å²) >= 11 is 0. The van der Waals surface area contributed by atoms with Gasteiger partial charge in [0.15, 0.2) is 0 Å². The Kier molecular flexibility index (Phi) is 2.84. The zero-order valence-corrected chi connectivity index (χ0v) is 10.9. The first-order chi connectivity index (χ1) is 7.30. The molecule has 0 atom stereocenters. The van der Waals surface area contributed by atoms with Gasteiger partial charge < -0.3 is 15.7 Å². The summed E-state index contributed by atoms with van der Waals surface area (Å²) in [6.45, 7) is 9.72. The Bertz CT molecular complexity index is 259. The molecule has 0 radical (unpaired) electrons. The zero-order valence-electron chi connectivity index (χ0n) is 10.9. The van der Waals surface area contributed by atoms with Crippen molar-refractivity contribution in [2.75, 3.05) is 19.6 Å². The Labute approximate surface area is 99.0 Å². The highest BCUT2D eigenvalue weighted by atomic mass is 16.3. The molecule has 1 aliphatic heterocycles. The highest BCUT2D eigenvalue weighted by Gasteiger charge is 2.58. The zero-order chi connectivity index (χ0) is 12.0. The Morgan fingerprint density at radius 2 is 1.69 bits per heavy atom. The first-order valence-corrected chi connectivity index (χ1v) is 6.54. The molecule has 2 rings (SSSR count). The average Bonchev–Trinajstić information content (AvgIpc) is 2.16. The van der Waals surface area contributed by atoms with Crippen LogP contribution in [0.1, 0.15) is 46.5 Å². The van der Waals surface area contributed by atoms with Crippen molar-refractivity contribution in [2.45, 2.75) is 57.6 Å². The fourth-order valence-electron chi connectivity index (χ4n) is 3.72. The van der Waals surface area contributed by atoms with Crippen LogP contribution in [0.3, 0.4) is 0 Å². The molecule has 3 N–H and O–H groups in total. The molecule has 1 heterocycles. The van der Waals surface area contributed by atoms with Crippen molar-refractivity contribution in [2.24, 2.45) is 11.1 Å². The van der Waals surface area contributed by atoms with E-state index in [0.717, 1.165) is 45.3 Å². The van der Waals surface area contributed by atoms with Gasteiger partial charge in [0, 0.05) is 18.6 Å². The SMILES string of the molecule is CCN1CCC(O)(C2(N)CC(C)(C)C2)CC1. The normalized spacial score (nSPS) is 32.1. The molecule has 0 spiro atoms. The van der Waals surface area contributed by atoms with Gasteiger partial charge in [-0.15, -0.1) is 0 Å². The minimum Gasteiger partial charge on any atom is -0.388 e. The Hall–Kier alpha value is -0.120. The van der Waals surface area contributed by atoms with Gasteiger partial charge in [0.2, 0.25) is 0 Å². The van der Waals surface area contributed by atoms with Gasteiger partial charge in [-0.05, 0) is 37.6 Å². The van der Waals surface area contributed by atoms with Crippen molar-refractivity contribution in [1.29, 1.82) is 0 Å². The lowest BCUT2D eigenvalue weighted by Crippen LogP contribution is -2.71. The lowest BCUT2D eigenvalue weighted by atomic mass is 9.52. The second-order valence-corrected chi connectivity index (χ2v) is 6.64. The minimum absolute atomic E-state index is 0.323. The fourth-order valence-corrected chi connectivity index (χ4v) is 3.72. The number of rotatable bonds is 2. The van der Waals surface area contributed by atoms with E-state index in [1.165, 1.54) is 0 Å². The third-order valence-corrected chi connectivity index (χ3v) is 4.65. The summed E-state index contributed by atoms with van der Waals surface area (Å²) in [5.41, 5.74) is 5.79. The van der Waals surface area contributed by atoms with Crippen molar-refractivity contribution >= 4 is 0 Å². The van der Waals surface area contributed by atoms with E-state index >= 15 is 0 Å². The van der Waals surface area contributed by atoms with Crippen molar-refractivity contribution in [3.63, 3.8) is 0 Å². The standard InChI is InChI=1S/C13H26N2O/c1-4-15-7-5-13(16,6-8-15)12(14)9-11(2,3)10-12/h16H,4-10,14H2,1-3H3. The van der Waals surface area contributed by atoms with E-state index in [-0.39, 0.29) is 5.54 Å². The maximum atomic E-state index is 10.7. The fraction of sp³-hybridized carbons (Fsp3) is 1.00. The molecule has 0 aromatic carbocycles. The van der Waals surface area contributed by atoms with E-state index in [1.54, 1.807) is 0 Å². The topological polar surface area (TPSA) is 49.5 Å². The van der Waals surface area contributed by atoms with E-state index in [0.29, 0.717) is 5.41 Å². The second kappa shape index (κ2) is 3.69. The molecular formula is C13H26N2O. The summed E-state index contributed by atoms with van der Waals surface area (Å²) in [6.07, 6.45) is 3.60. The number of nitrogens with two attached hydrogens (primary N) is 1. The van der Waals surface area contributed by atoms with E-state index < -0.39 is 5.60 Å². The van der Waals surface area contributed by atoms with Crippen LogP contribution in [0, 0.1) is 5.41 Å². The molecule has 0 aromatic heterocycles. The van der Waals surface area contributed by atoms with Crippen LogP contribution in [-0.2, 0) is 0 Å². The summed E-state index contributed by atoms with van der Waals surface area (Å²) in [5.74, 6) is 0. The average molecular weight is 226 g/mol. The summed E-state index contributed by atoms with van der Waals surface area (Å²) in [5, 5.41) is 10.7. The number of hydrogen-bond acceptors (Lipinski definition) is 3. The predicted octanol–water partition coefficient (Wildman–Crippen LogP) is 1.35. The van der Waals surface area contributed by atoms with Crippen LogP contribution in [0.4, 0.5) is 0 Å². The predicted molar refractivity (Wildman–Crippen MR) is 66.2 cm³/mol. The van der Waals surface area contributed by atoms with E-state index in [9.17, 15) is 5.11 Å². The molecule has 0 aromatic rings. The van der Waals surface area contributed by atoms with Gasteiger partial charge in [-0.2, -0.15) is 0 Å². The molecule has 94 valence electrons. The van der Waals surface area contributed by atoms with E-state index in [4.69, 9.17) is 5.73 Å². The second-order valence-electron chi connectivity index (χ2n) is 6.64. The molecule has 1 aliphatic carbocycles. The van der Waals surface area contributed by atoms with Gasteiger partial charge in [0.05, 0.1) is 5.60 Å². The van der Waals surface area contributed by atoms with Crippen molar-refractivity contribution < 1.29 is 5.11 Å². The van der Waals surface area contributed by atoms with Crippen LogP contribution in [-0.4, -0.2) is 40.8 Å². The third-order valence-electron chi connectivity index (χ3n) is 4.65. The molecule has 2 aliphatic rings. The van der Waals surface area contributed by atoms with Crippen LogP contribution >= 0.6 is 0 Å². The molecule has 0 amide bonds. The molecule has 16 heavy (non-hydrogen) atoms. The van der Waals surface area contributed by atoms with Gasteiger partial charge in [-0.25, -0.2) is 0 Å². The maximum Gasteiger partial charge on any atom is 0.0851 e. The van der Waals surface area contributed by atoms with E-state index in [1.807, 2.05) is 0 Å². The van der Waals surface area contributed by atoms with Crippen molar-refractivity contribution in [1.82, 2.24) is 4.90 Å². The van der Waals surface area contributed by atoms with Crippen molar-refractivity contribution in [3.8, 4) is 0 Å². The molecule has 1 saturated heterocycles. The number of piperidine rings is 1. The molecular weight excluding hydrogens is 200 g/mol. The highest BCUT2D eigenvalue weighted by Crippen LogP contribution is 2.53. The first-order valence-electron chi connectivity index (χ1n) is 6.54. The largest absolute Gasteiger partial charge is 0.388 e. The molecule has 0 unspecified atom stereocenters. The number of likely N-dealkylation sites (tertiary alicyclic amines) is 1. The van der Waals surface area contributed by atoms with Gasteiger partial charge in [0.1, 0.15) is 0 Å². The van der Waals surface area contributed by atoms with Gasteiger partial charge in [-0.3, -0.25) is 0 Å². The monoisotopic (exact) mass is 226 g/mol. The Morgan fingerprint density at radius 3 is 2.06 bits per heavy atom. The van der Waals surface area contributed by atoms with Crippen LogP contribution in [0.25, 0.3) is 0 Å². The van der Waals surface area contributed by atoms with Gasteiger partial charge in [-0.1, -0.05) is 20.8 Å². The number of aliphatic hydroxyl groups is 1. The number of nitrogens with zero attached hydrogens (tertiary/aromatic N) is 1. The lowest BCUT2D eigenvalue weighted by Gasteiger charge is -2.60. The van der Waals surface area contributed by atoms with Crippen LogP contribution in [0.5, 0.6) is 0 Å². The Balaban J connectivity index is 2.00. The Morgan fingerprint density at radius 1 is 1.19 bits per heavy atom. The summed E-state index contributed by atoms with van der Waals surface area (Å²) in [6, 6.07) is 0. The van der Waals surface area contributed by atoms with E-state index in [2.05, 4.69) is 25.7 Å². The maximum absolute atomic E-state index is 10.7. The van der Waals surface area contributed by atoms with Gasteiger partial charge in [0.25, 0.3) is 0 Å². The smallest absolute Gasteiger partial charge is 0.0851 e. The van der Waals surface area contributed by atoms with Gasteiger partial charge >= 0.3 is 0 Å². The minimum atomic E-state index is -0.617. The number of hydrogen-bond donors (Lipinski definition) is 2. The first kappa shape index (κ1) is 12.3. The van der Waals surface area contributed by atoms with Crippen LogP contribution in [0.2, 0.25) is 0 Å². The molecule has 3 nitrogen and oxygen atoms in total. The summed E-state index contributed by atoms with van der Waals surface area (Å²) in [7, 11) is 0. The molecule has 1 saturated carbocycles. The third kappa shape index (κ3) is 1.89. The summed E-state index contributed by atoms with van der Waals surface area (Å²) < 4.78 is 0. The molecule has 3 heteroatoms. The molecule has 2 fully saturated rings. The van der Waals surface area contributed by atoms with Crippen LogP contribution in [0.15, 0.2) is 0 Å². The van der Waals surface area contributed by atoms with Crippen molar-refractivity contribution in [3.05, 3.63) is 0 Å². The molecule has 0 bridgehead atoms. The lowest BCUT2D eigenvalue weighted by molar-refractivity contribution is -0.142. The highest BCUT2D eigenvalue weighted by molar-refractivity contribution is 5.15. The quantitative estimate of drug-likeness (QED) is 0.747.